The maximum atomic E-state index is 12.6. The van der Waals surface area contributed by atoms with Gasteiger partial charge in [0.1, 0.15) is 17.3 Å². The Bertz CT molecular complexity index is 1380. The van der Waals surface area contributed by atoms with Crippen LogP contribution in [0.4, 0.5) is 0 Å². The standard InChI is InChI=1S/C33H30O7/c1-2-31(34)38-23-7-6-22-37-28-16-14-27(15-17-28)33(36)40-30-20-18-29(19-21-30)39-32(35)26-12-10-25(11-13-26)24-8-4-3-5-9-24/h2-5,8-18,20H,1,6-7,19,21-23H2. The third-order valence-corrected chi connectivity index (χ3v) is 6.06. The lowest BCUT2D eigenvalue weighted by atomic mass is 10.0. The van der Waals surface area contributed by atoms with Crippen molar-refractivity contribution in [2.75, 3.05) is 13.2 Å². The summed E-state index contributed by atoms with van der Waals surface area (Å²) in [4.78, 5) is 36.1. The minimum Gasteiger partial charge on any atom is -0.494 e. The van der Waals surface area contributed by atoms with Gasteiger partial charge in [-0.15, -0.1) is 0 Å². The van der Waals surface area contributed by atoms with E-state index in [0.717, 1.165) is 17.2 Å². The Balaban J connectivity index is 1.21. The highest BCUT2D eigenvalue weighted by Crippen LogP contribution is 2.24. The zero-order valence-corrected chi connectivity index (χ0v) is 22.0. The van der Waals surface area contributed by atoms with Crippen LogP contribution < -0.4 is 4.74 Å². The lowest BCUT2D eigenvalue weighted by Gasteiger charge is -2.15. The van der Waals surface area contributed by atoms with Crippen LogP contribution in [0.5, 0.6) is 5.75 Å². The van der Waals surface area contributed by atoms with Gasteiger partial charge < -0.3 is 18.9 Å². The van der Waals surface area contributed by atoms with Crippen LogP contribution in [0.15, 0.2) is 115 Å². The second kappa shape index (κ2) is 14.3. The monoisotopic (exact) mass is 538 g/mol. The Morgan fingerprint density at radius 1 is 0.675 bits per heavy atom. The van der Waals surface area contributed by atoms with Gasteiger partial charge in [-0.25, -0.2) is 14.4 Å². The summed E-state index contributed by atoms with van der Waals surface area (Å²) < 4.78 is 21.6. The molecule has 0 fully saturated rings. The SMILES string of the molecule is C=CC(=O)OCCCCOc1ccc(C(=O)OC2=CC=C(OC(=O)c3ccc(-c4ccccc4)cc3)CC2)cc1. The first-order valence-corrected chi connectivity index (χ1v) is 13.0. The van der Waals surface area contributed by atoms with Gasteiger partial charge in [-0.05, 0) is 72.5 Å². The van der Waals surface area contributed by atoms with E-state index >= 15 is 0 Å². The molecule has 0 aromatic heterocycles. The maximum Gasteiger partial charge on any atom is 0.343 e. The molecule has 3 aromatic carbocycles. The average Bonchev–Trinajstić information content (AvgIpc) is 3.00. The lowest BCUT2D eigenvalue weighted by Crippen LogP contribution is -2.10. The molecule has 7 heteroatoms. The zero-order valence-electron chi connectivity index (χ0n) is 22.0. The van der Waals surface area contributed by atoms with Crippen molar-refractivity contribution < 1.29 is 33.3 Å². The van der Waals surface area contributed by atoms with Crippen LogP contribution in [0.2, 0.25) is 0 Å². The predicted molar refractivity (Wildman–Crippen MR) is 150 cm³/mol. The zero-order chi connectivity index (χ0) is 28.2. The van der Waals surface area contributed by atoms with Crippen LogP contribution in [0.1, 0.15) is 46.4 Å². The van der Waals surface area contributed by atoms with E-state index < -0.39 is 17.9 Å². The van der Waals surface area contributed by atoms with Gasteiger partial charge in [0, 0.05) is 18.9 Å². The third-order valence-electron chi connectivity index (χ3n) is 6.06. The molecule has 0 radical (unpaired) electrons. The summed E-state index contributed by atoms with van der Waals surface area (Å²) in [6, 6.07) is 23.9. The van der Waals surface area contributed by atoms with Crippen LogP contribution in [-0.4, -0.2) is 31.1 Å². The van der Waals surface area contributed by atoms with E-state index in [1.54, 1.807) is 48.6 Å². The molecule has 0 N–H and O–H groups in total. The van der Waals surface area contributed by atoms with E-state index in [9.17, 15) is 14.4 Å². The smallest absolute Gasteiger partial charge is 0.343 e. The van der Waals surface area contributed by atoms with Crippen molar-refractivity contribution in [2.24, 2.45) is 0 Å². The van der Waals surface area contributed by atoms with Gasteiger partial charge in [0.15, 0.2) is 0 Å². The maximum absolute atomic E-state index is 12.6. The van der Waals surface area contributed by atoms with Gasteiger partial charge in [0.2, 0.25) is 0 Å². The van der Waals surface area contributed by atoms with E-state index in [0.29, 0.717) is 67.3 Å². The van der Waals surface area contributed by atoms with Crippen molar-refractivity contribution in [3.63, 3.8) is 0 Å². The number of carbonyl (C=O) groups excluding carboxylic acids is 3. The summed E-state index contributed by atoms with van der Waals surface area (Å²) >= 11 is 0. The Hall–Kier alpha value is -4.91. The minimum absolute atomic E-state index is 0.316. The highest BCUT2D eigenvalue weighted by molar-refractivity contribution is 5.91. The normalized spacial score (nSPS) is 12.4. The van der Waals surface area contributed by atoms with Crippen molar-refractivity contribution in [3.8, 4) is 16.9 Å². The molecule has 0 bridgehead atoms. The molecule has 3 aromatic rings. The topological polar surface area (TPSA) is 88.1 Å². The first kappa shape index (κ1) is 28.1. The van der Waals surface area contributed by atoms with Crippen LogP contribution in [0, 0.1) is 0 Å². The Morgan fingerprint density at radius 3 is 1.75 bits per heavy atom. The fraction of sp³-hybridized carbons (Fsp3) is 0.182. The number of hydrogen-bond donors (Lipinski definition) is 0. The Morgan fingerprint density at radius 2 is 1.20 bits per heavy atom. The molecule has 0 spiro atoms. The number of ether oxygens (including phenoxy) is 4. The first-order valence-electron chi connectivity index (χ1n) is 13.0. The molecule has 1 aliphatic carbocycles. The van der Waals surface area contributed by atoms with E-state index in [4.69, 9.17) is 18.9 Å². The molecule has 204 valence electrons. The lowest BCUT2D eigenvalue weighted by molar-refractivity contribution is -0.137. The van der Waals surface area contributed by atoms with Crippen molar-refractivity contribution in [1.82, 2.24) is 0 Å². The number of unbranched alkanes of at least 4 members (excludes halogenated alkanes) is 1. The second-order valence-electron chi connectivity index (χ2n) is 8.94. The molecule has 7 nitrogen and oxygen atoms in total. The van der Waals surface area contributed by atoms with E-state index in [2.05, 4.69) is 6.58 Å². The fourth-order valence-electron chi connectivity index (χ4n) is 3.87. The van der Waals surface area contributed by atoms with E-state index in [-0.39, 0.29) is 0 Å². The molecule has 0 aliphatic heterocycles. The van der Waals surface area contributed by atoms with Crippen LogP contribution in [0.25, 0.3) is 11.1 Å². The van der Waals surface area contributed by atoms with Crippen molar-refractivity contribution >= 4 is 17.9 Å². The number of benzene rings is 3. The van der Waals surface area contributed by atoms with Gasteiger partial charge in [0.05, 0.1) is 24.3 Å². The molecule has 0 atom stereocenters. The Kier molecular flexibility index (Phi) is 10.0. The molecule has 1 aliphatic rings. The molecular formula is C33H30O7. The van der Waals surface area contributed by atoms with Crippen LogP contribution in [0.3, 0.4) is 0 Å². The van der Waals surface area contributed by atoms with Gasteiger partial charge in [-0.2, -0.15) is 0 Å². The Labute approximate surface area is 233 Å². The van der Waals surface area contributed by atoms with E-state index in [1.165, 1.54) is 0 Å². The molecule has 0 saturated heterocycles. The molecule has 0 unspecified atom stereocenters. The summed E-state index contributed by atoms with van der Waals surface area (Å²) in [7, 11) is 0. The highest BCUT2D eigenvalue weighted by atomic mass is 16.5. The quantitative estimate of drug-likeness (QED) is 0.108. The molecular weight excluding hydrogens is 508 g/mol. The van der Waals surface area contributed by atoms with Gasteiger partial charge in [0.25, 0.3) is 0 Å². The van der Waals surface area contributed by atoms with Crippen molar-refractivity contribution in [3.05, 3.63) is 126 Å². The van der Waals surface area contributed by atoms with Gasteiger partial charge in [-0.1, -0.05) is 49.0 Å². The molecule has 4 rings (SSSR count). The van der Waals surface area contributed by atoms with Crippen LogP contribution >= 0.6 is 0 Å². The minimum atomic E-state index is -0.478. The second-order valence-corrected chi connectivity index (χ2v) is 8.94. The largest absolute Gasteiger partial charge is 0.494 e. The molecule has 0 amide bonds. The summed E-state index contributed by atoms with van der Waals surface area (Å²) in [5.41, 5.74) is 2.95. The average molecular weight is 539 g/mol. The number of carbonyl (C=O) groups is 3. The van der Waals surface area contributed by atoms with Crippen LogP contribution in [-0.2, 0) is 19.0 Å². The van der Waals surface area contributed by atoms with Gasteiger partial charge >= 0.3 is 17.9 Å². The number of hydrogen-bond acceptors (Lipinski definition) is 7. The summed E-state index contributed by atoms with van der Waals surface area (Å²) in [5.74, 6) is 0.285. The number of allylic oxidation sites excluding steroid dienone is 4. The molecule has 0 saturated carbocycles. The summed E-state index contributed by atoms with van der Waals surface area (Å²) in [6.45, 7) is 4.12. The fourth-order valence-corrected chi connectivity index (χ4v) is 3.87. The summed E-state index contributed by atoms with van der Waals surface area (Å²) in [5, 5.41) is 0. The summed E-state index contributed by atoms with van der Waals surface area (Å²) in [6.07, 6.45) is 6.69. The van der Waals surface area contributed by atoms with Gasteiger partial charge in [-0.3, -0.25) is 0 Å². The number of esters is 3. The molecule has 0 heterocycles. The first-order chi connectivity index (χ1) is 19.5. The van der Waals surface area contributed by atoms with Crippen molar-refractivity contribution in [2.45, 2.75) is 25.7 Å². The predicted octanol–water partition coefficient (Wildman–Crippen LogP) is 6.82. The highest BCUT2D eigenvalue weighted by Gasteiger charge is 2.17. The third kappa shape index (κ3) is 8.30. The van der Waals surface area contributed by atoms with Crippen molar-refractivity contribution in [1.29, 1.82) is 0 Å². The molecule has 40 heavy (non-hydrogen) atoms. The van der Waals surface area contributed by atoms with E-state index in [1.807, 2.05) is 42.5 Å². The number of rotatable bonds is 12.